The minimum absolute atomic E-state index is 0.205. The lowest BCUT2D eigenvalue weighted by Crippen LogP contribution is -2.15. The number of ether oxygens (including phenoxy) is 1. The van der Waals surface area contributed by atoms with E-state index >= 15 is 0 Å². The van der Waals surface area contributed by atoms with E-state index in [2.05, 4.69) is 28.4 Å². The van der Waals surface area contributed by atoms with Crippen LogP contribution in [0, 0.1) is 0 Å². The fourth-order valence-corrected chi connectivity index (χ4v) is 2.57. The summed E-state index contributed by atoms with van der Waals surface area (Å²) in [6.45, 7) is 6.90. The number of carbonyl (C=O) groups excluding carboxylic acids is 1. The zero-order chi connectivity index (χ0) is 17.5. The molecule has 0 unspecified atom stereocenters. The first-order valence-electron chi connectivity index (χ1n) is 6.92. The third-order valence-electron chi connectivity index (χ3n) is 3.00. The van der Waals surface area contributed by atoms with Crippen LogP contribution in [-0.4, -0.2) is 23.0 Å². The van der Waals surface area contributed by atoms with Gasteiger partial charge in [0.2, 0.25) is 5.91 Å². The molecule has 2 aromatic heterocycles. The van der Waals surface area contributed by atoms with Crippen molar-refractivity contribution in [2.24, 2.45) is 0 Å². The van der Waals surface area contributed by atoms with Crippen molar-refractivity contribution in [3.8, 4) is 0 Å². The van der Waals surface area contributed by atoms with E-state index in [-0.39, 0.29) is 18.1 Å². The molecule has 124 valence electrons. The van der Waals surface area contributed by atoms with Gasteiger partial charge in [-0.05, 0) is 28.5 Å². The van der Waals surface area contributed by atoms with E-state index in [9.17, 15) is 9.18 Å². The highest BCUT2D eigenvalue weighted by Gasteiger charge is 2.12. The lowest BCUT2D eigenvalue weighted by atomic mass is 10.1. The second-order valence-corrected chi connectivity index (χ2v) is 5.56. The molecule has 24 heavy (non-hydrogen) atoms. The van der Waals surface area contributed by atoms with Gasteiger partial charge in [0, 0.05) is 11.6 Å². The van der Waals surface area contributed by atoms with E-state index in [4.69, 9.17) is 4.74 Å². The van der Waals surface area contributed by atoms with E-state index in [1.807, 2.05) is 16.8 Å². The molecule has 5 nitrogen and oxygen atoms in total. The first kappa shape index (κ1) is 17.6. The van der Waals surface area contributed by atoms with Crippen LogP contribution in [0.5, 0.6) is 0 Å². The first-order chi connectivity index (χ1) is 11.5. The lowest BCUT2D eigenvalue weighted by Gasteiger charge is -2.10. The molecule has 0 aliphatic carbocycles. The molecule has 2 rings (SSSR count). The van der Waals surface area contributed by atoms with E-state index in [1.54, 1.807) is 0 Å². The van der Waals surface area contributed by atoms with Crippen molar-refractivity contribution in [2.45, 2.75) is 6.42 Å². The minimum atomic E-state index is -0.662. The van der Waals surface area contributed by atoms with Crippen LogP contribution < -0.4 is 5.32 Å². The average Bonchev–Trinajstić information content (AvgIpc) is 3.04. The molecule has 1 N–H and O–H groups in total. The lowest BCUT2D eigenvalue weighted by molar-refractivity contribution is -0.115. The van der Waals surface area contributed by atoms with Gasteiger partial charge in [0.25, 0.3) is 0 Å². The number of amides is 1. The van der Waals surface area contributed by atoms with Gasteiger partial charge < -0.3 is 10.1 Å². The third kappa shape index (κ3) is 4.85. The Morgan fingerprint density at radius 2 is 2.25 bits per heavy atom. The molecule has 1 amide bonds. The predicted molar refractivity (Wildman–Crippen MR) is 93.1 cm³/mol. The van der Waals surface area contributed by atoms with E-state index in [0.717, 1.165) is 11.6 Å². The smallest absolute Gasteiger partial charge is 0.229 e. The van der Waals surface area contributed by atoms with Crippen molar-refractivity contribution in [2.75, 3.05) is 12.4 Å². The quantitative estimate of drug-likeness (QED) is 0.613. The van der Waals surface area contributed by atoms with Gasteiger partial charge in [0.15, 0.2) is 0 Å². The fourth-order valence-electron chi connectivity index (χ4n) is 1.90. The summed E-state index contributed by atoms with van der Waals surface area (Å²) in [4.78, 5) is 20.1. The number of aromatic nitrogens is 2. The van der Waals surface area contributed by atoms with Gasteiger partial charge in [-0.25, -0.2) is 14.4 Å². The van der Waals surface area contributed by atoms with Crippen molar-refractivity contribution in [3.63, 3.8) is 0 Å². The molecular weight excluding hydrogens is 329 g/mol. The summed E-state index contributed by atoms with van der Waals surface area (Å²) in [5.74, 6) is -0.337. The van der Waals surface area contributed by atoms with Crippen LogP contribution in [0.15, 0.2) is 60.0 Å². The zero-order valence-electron chi connectivity index (χ0n) is 13.1. The van der Waals surface area contributed by atoms with Crippen molar-refractivity contribution in [1.29, 1.82) is 0 Å². The molecule has 0 bridgehead atoms. The Balaban J connectivity index is 2.19. The van der Waals surface area contributed by atoms with E-state index < -0.39 is 5.83 Å². The number of rotatable bonds is 7. The van der Waals surface area contributed by atoms with Crippen molar-refractivity contribution in [1.82, 2.24) is 9.97 Å². The number of hydrogen-bond acceptors (Lipinski definition) is 5. The van der Waals surface area contributed by atoms with Crippen LogP contribution >= 0.6 is 11.3 Å². The van der Waals surface area contributed by atoms with Crippen LogP contribution in [-0.2, 0) is 16.0 Å². The molecule has 0 aromatic carbocycles. The van der Waals surface area contributed by atoms with Crippen LogP contribution in [0.1, 0.15) is 11.3 Å². The number of nitrogens with zero attached hydrogens (tertiary/aromatic N) is 2. The van der Waals surface area contributed by atoms with E-state index in [0.29, 0.717) is 17.1 Å². The molecule has 0 atom stereocenters. The first-order valence-corrected chi connectivity index (χ1v) is 7.86. The van der Waals surface area contributed by atoms with Gasteiger partial charge in [-0.15, -0.1) is 0 Å². The number of allylic oxidation sites excluding steroid dienone is 3. The SMILES string of the molecule is C=C(F)/C=C(\C(=C)OC)c1cc(NC(=O)Cc2ccsc2)ncn1. The van der Waals surface area contributed by atoms with Crippen LogP contribution in [0.4, 0.5) is 10.2 Å². The second kappa shape index (κ2) is 8.16. The monoisotopic (exact) mass is 345 g/mol. The topological polar surface area (TPSA) is 64.1 Å². The van der Waals surface area contributed by atoms with Crippen molar-refractivity contribution >= 4 is 28.6 Å². The summed E-state index contributed by atoms with van der Waals surface area (Å²) < 4.78 is 18.2. The van der Waals surface area contributed by atoms with Crippen LogP contribution in [0.3, 0.4) is 0 Å². The van der Waals surface area contributed by atoms with Crippen molar-refractivity contribution in [3.05, 3.63) is 71.3 Å². The Hall–Kier alpha value is -2.80. The highest BCUT2D eigenvalue weighted by atomic mass is 32.1. The van der Waals surface area contributed by atoms with Gasteiger partial charge in [-0.1, -0.05) is 13.2 Å². The van der Waals surface area contributed by atoms with Crippen LogP contribution in [0.25, 0.3) is 5.57 Å². The molecule has 2 heterocycles. The standard InChI is InChI=1S/C17H16FN3O2S/c1-11(18)6-14(12(2)23-3)15-8-16(20-10-19-15)21-17(22)7-13-4-5-24-9-13/h4-6,8-10H,1-2,7H2,3H3,(H,19,20,21,22)/b14-6+. The number of carbonyl (C=O) groups is 1. The number of hydrogen-bond donors (Lipinski definition) is 1. The second-order valence-electron chi connectivity index (χ2n) is 4.78. The molecule has 0 fully saturated rings. The molecule has 0 aliphatic heterocycles. The number of methoxy groups -OCH3 is 1. The third-order valence-corrected chi connectivity index (χ3v) is 3.74. The maximum absolute atomic E-state index is 13.2. The Labute approximate surface area is 143 Å². The Morgan fingerprint density at radius 1 is 1.46 bits per heavy atom. The van der Waals surface area contributed by atoms with Gasteiger partial charge in [0.05, 0.1) is 19.2 Å². The van der Waals surface area contributed by atoms with Gasteiger partial charge >= 0.3 is 0 Å². The summed E-state index contributed by atoms with van der Waals surface area (Å²) >= 11 is 1.53. The molecule has 0 saturated heterocycles. The number of halogens is 1. The summed E-state index contributed by atoms with van der Waals surface area (Å²) in [5, 5.41) is 6.50. The molecule has 0 radical (unpaired) electrons. The van der Waals surface area contributed by atoms with Gasteiger partial charge in [0.1, 0.15) is 23.7 Å². The molecule has 0 aliphatic rings. The maximum atomic E-state index is 13.2. The molecular formula is C17H16FN3O2S. The Bertz CT molecular complexity index is 785. The summed E-state index contributed by atoms with van der Waals surface area (Å²) in [5.41, 5.74) is 1.61. The minimum Gasteiger partial charge on any atom is -0.497 e. The average molecular weight is 345 g/mol. The predicted octanol–water partition coefficient (Wildman–Crippen LogP) is 3.75. The van der Waals surface area contributed by atoms with Gasteiger partial charge in [-0.3, -0.25) is 4.79 Å². The highest BCUT2D eigenvalue weighted by molar-refractivity contribution is 7.08. The van der Waals surface area contributed by atoms with Gasteiger partial charge in [-0.2, -0.15) is 11.3 Å². The van der Waals surface area contributed by atoms with E-state index in [1.165, 1.54) is 30.8 Å². The normalized spacial score (nSPS) is 11.0. The largest absolute Gasteiger partial charge is 0.497 e. The fraction of sp³-hybridized carbons (Fsp3) is 0.118. The molecule has 7 heteroatoms. The number of anilines is 1. The van der Waals surface area contributed by atoms with Crippen molar-refractivity contribution < 1.29 is 13.9 Å². The summed E-state index contributed by atoms with van der Waals surface area (Å²) in [6.07, 6.45) is 2.68. The summed E-state index contributed by atoms with van der Waals surface area (Å²) in [6, 6.07) is 3.40. The molecule has 0 spiro atoms. The zero-order valence-corrected chi connectivity index (χ0v) is 13.9. The number of thiophene rings is 1. The summed E-state index contributed by atoms with van der Waals surface area (Å²) in [7, 11) is 1.42. The molecule has 0 saturated carbocycles. The number of nitrogens with one attached hydrogen (secondary N) is 1. The Morgan fingerprint density at radius 3 is 2.88 bits per heavy atom. The Kier molecular flexibility index (Phi) is 5.97. The van der Waals surface area contributed by atoms with Crippen LogP contribution in [0.2, 0.25) is 0 Å². The maximum Gasteiger partial charge on any atom is 0.229 e. The molecule has 2 aromatic rings. The highest BCUT2D eigenvalue weighted by Crippen LogP contribution is 2.23.